The van der Waals surface area contributed by atoms with Gasteiger partial charge < -0.3 is 9.84 Å². The lowest BCUT2D eigenvalue weighted by atomic mass is 9.86. The molecule has 1 aliphatic carbocycles. The van der Waals surface area contributed by atoms with E-state index in [-0.39, 0.29) is 35.6 Å². The Balaban J connectivity index is 1.60. The summed E-state index contributed by atoms with van der Waals surface area (Å²) < 4.78 is 48.8. The highest BCUT2D eigenvalue weighted by atomic mass is 19.4. The summed E-state index contributed by atoms with van der Waals surface area (Å²) in [7, 11) is 0. The van der Waals surface area contributed by atoms with Crippen LogP contribution in [0.15, 0.2) is 30.3 Å². The number of likely N-dealkylation sites (tertiary alicyclic amines) is 1. The van der Waals surface area contributed by atoms with Gasteiger partial charge in [-0.15, -0.1) is 0 Å². The fourth-order valence-corrected chi connectivity index (χ4v) is 6.26. The maximum absolute atomic E-state index is 14.3. The lowest BCUT2D eigenvalue weighted by molar-refractivity contribution is -0.139. The van der Waals surface area contributed by atoms with Crippen molar-refractivity contribution in [2.45, 2.75) is 90.0 Å². The van der Waals surface area contributed by atoms with E-state index in [0.29, 0.717) is 17.8 Å². The van der Waals surface area contributed by atoms with Crippen molar-refractivity contribution >= 4 is 16.7 Å². The van der Waals surface area contributed by atoms with Crippen molar-refractivity contribution in [1.82, 2.24) is 4.90 Å². The van der Waals surface area contributed by atoms with E-state index in [1.165, 1.54) is 6.07 Å². The van der Waals surface area contributed by atoms with Crippen molar-refractivity contribution in [2.75, 3.05) is 13.1 Å². The van der Waals surface area contributed by atoms with Gasteiger partial charge in [-0.3, -0.25) is 9.69 Å². The Morgan fingerprint density at radius 1 is 1.08 bits per heavy atom. The molecule has 2 atom stereocenters. The van der Waals surface area contributed by atoms with Crippen molar-refractivity contribution in [1.29, 1.82) is 0 Å². The Morgan fingerprint density at radius 3 is 2.47 bits per heavy atom. The molecule has 1 saturated carbocycles. The number of piperidine rings is 1. The van der Waals surface area contributed by atoms with Crippen molar-refractivity contribution in [3.63, 3.8) is 0 Å². The summed E-state index contributed by atoms with van der Waals surface area (Å²) >= 11 is 0. The predicted octanol–water partition coefficient (Wildman–Crippen LogP) is 7.84. The molecule has 1 saturated heterocycles. The number of carboxylic acid groups (broad SMARTS) is 1. The van der Waals surface area contributed by atoms with Gasteiger partial charge in [0, 0.05) is 19.0 Å². The van der Waals surface area contributed by atoms with Crippen LogP contribution in [0.5, 0.6) is 5.75 Å². The molecule has 0 bridgehead atoms. The van der Waals surface area contributed by atoms with Crippen LogP contribution in [-0.4, -0.2) is 35.2 Å². The molecule has 0 amide bonds. The molecule has 0 radical (unpaired) electrons. The fraction of sp³-hybridized carbons (Fsp3) is 0.621. The summed E-state index contributed by atoms with van der Waals surface area (Å²) in [5.74, 6) is -0.0959. The van der Waals surface area contributed by atoms with Crippen LogP contribution in [0, 0.1) is 11.8 Å². The van der Waals surface area contributed by atoms with Crippen LogP contribution in [0.1, 0.15) is 88.8 Å². The van der Waals surface area contributed by atoms with Crippen LogP contribution in [0.4, 0.5) is 13.2 Å². The molecule has 2 aromatic rings. The zero-order chi connectivity index (χ0) is 25.9. The summed E-state index contributed by atoms with van der Waals surface area (Å²) in [4.78, 5) is 13.5. The first-order valence-electron chi connectivity index (χ1n) is 13.5. The molecule has 2 fully saturated rings. The molecule has 2 aromatic carbocycles. The molecule has 4 rings (SSSR count). The minimum atomic E-state index is -4.52. The maximum Gasteiger partial charge on any atom is 0.420 e. The highest BCUT2D eigenvalue weighted by Gasteiger charge is 2.38. The number of benzene rings is 2. The summed E-state index contributed by atoms with van der Waals surface area (Å²) in [5.41, 5.74) is 0.289. The van der Waals surface area contributed by atoms with E-state index in [1.54, 1.807) is 12.1 Å². The van der Waals surface area contributed by atoms with Crippen molar-refractivity contribution < 1.29 is 27.8 Å². The van der Waals surface area contributed by atoms with Crippen LogP contribution in [-0.2, 0) is 11.0 Å². The van der Waals surface area contributed by atoms with E-state index in [4.69, 9.17) is 4.74 Å². The van der Waals surface area contributed by atoms with Gasteiger partial charge in [-0.2, -0.15) is 13.2 Å². The average molecular weight is 506 g/mol. The maximum atomic E-state index is 14.3. The van der Waals surface area contributed by atoms with Gasteiger partial charge in [-0.05, 0) is 91.8 Å². The Labute approximate surface area is 211 Å². The third-order valence-corrected chi connectivity index (χ3v) is 8.18. The van der Waals surface area contributed by atoms with Gasteiger partial charge in [0.1, 0.15) is 11.3 Å². The van der Waals surface area contributed by atoms with Gasteiger partial charge in [0.25, 0.3) is 0 Å². The Kier molecular flexibility index (Phi) is 8.48. The molecule has 36 heavy (non-hydrogen) atoms. The predicted molar refractivity (Wildman–Crippen MR) is 135 cm³/mol. The number of ether oxygens (including phenoxy) is 1. The molecule has 7 heteroatoms. The number of carbonyl (C=O) groups is 1. The van der Waals surface area contributed by atoms with E-state index in [1.807, 2.05) is 12.1 Å². The largest absolute Gasteiger partial charge is 0.490 e. The molecule has 1 heterocycles. The number of nitrogens with zero attached hydrogens (tertiary/aromatic N) is 1. The minimum Gasteiger partial charge on any atom is -0.490 e. The van der Waals surface area contributed by atoms with Crippen molar-refractivity contribution in [3.8, 4) is 5.75 Å². The van der Waals surface area contributed by atoms with Crippen LogP contribution < -0.4 is 4.74 Å². The number of hydrogen-bond donors (Lipinski definition) is 1. The quantitative estimate of drug-likeness (QED) is 0.397. The van der Waals surface area contributed by atoms with E-state index >= 15 is 0 Å². The number of carboxylic acids is 1. The van der Waals surface area contributed by atoms with Crippen LogP contribution in [0.3, 0.4) is 0 Å². The van der Waals surface area contributed by atoms with E-state index < -0.39 is 17.7 Å². The molecular formula is C29H38F3NO3. The minimum absolute atomic E-state index is 0.0463. The monoisotopic (exact) mass is 505 g/mol. The molecule has 198 valence electrons. The highest BCUT2D eigenvalue weighted by molar-refractivity contribution is 5.89. The lowest BCUT2D eigenvalue weighted by Crippen LogP contribution is -2.38. The number of aliphatic carboxylic acids is 1. The molecular weight excluding hydrogens is 467 g/mol. The molecule has 1 unspecified atom stereocenters. The van der Waals surface area contributed by atoms with Crippen LogP contribution in [0.2, 0.25) is 0 Å². The standard InChI is InChI=1S/C29H38F3NO3/c1-3-19-7-11-23(12-8-19)36-26-14-10-21-17-22(9-13-24(21)28(26)29(30,31)32)25(4-2)33-15-5-6-20(18-33)16-27(34)35/h9-10,13-14,17,19-20,23,25H,3-8,11-12,15-16,18H2,1-2H3,(H,34,35)/t19-,20-,23+,25?/m1/s1. The van der Waals surface area contributed by atoms with Gasteiger partial charge in [0.15, 0.2) is 0 Å². The molecule has 1 N–H and O–H groups in total. The Hall–Kier alpha value is -2.28. The van der Waals surface area contributed by atoms with Crippen LogP contribution in [0.25, 0.3) is 10.8 Å². The van der Waals surface area contributed by atoms with Gasteiger partial charge in [0.05, 0.1) is 6.10 Å². The normalized spacial score (nSPS) is 24.5. The van der Waals surface area contributed by atoms with Crippen molar-refractivity contribution in [3.05, 3.63) is 41.5 Å². The first-order valence-corrected chi connectivity index (χ1v) is 13.5. The number of hydrogen-bond acceptors (Lipinski definition) is 3. The molecule has 0 aromatic heterocycles. The highest BCUT2D eigenvalue weighted by Crippen LogP contribution is 2.43. The van der Waals surface area contributed by atoms with Gasteiger partial charge in [0.2, 0.25) is 0 Å². The summed E-state index contributed by atoms with van der Waals surface area (Å²) in [6.45, 7) is 5.80. The first kappa shape index (κ1) is 26.8. The number of halogens is 3. The molecule has 4 nitrogen and oxygen atoms in total. The first-order chi connectivity index (χ1) is 17.2. The zero-order valence-corrected chi connectivity index (χ0v) is 21.3. The van der Waals surface area contributed by atoms with Gasteiger partial charge in [-0.1, -0.05) is 38.5 Å². The van der Waals surface area contributed by atoms with E-state index in [2.05, 4.69) is 18.7 Å². The molecule has 1 aliphatic heterocycles. The van der Waals surface area contributed by atoms with Gasteiger partial charge in [-0.25, -0.2) is 0 Å². The SMILES string of the molecule is CCC(c1ccc2c(C(F)(F)F)c(O[C@H]3CC[C@@H](CC)CC3)ccc2c1)N1CCC[C@H](CC(=O)O)C1. The van der Waals surface area contributed by atoms with Gasteiger partial charge >= 0.3 is 12.1 Å². The summed E-state index contributed by atoms with van der Waals surface area (Å²) in [6.07, 6.45) is 2.80. The Bertz CT molecular complexity index is 1050. The second kappa shape index (κ2) is 11.4. The van der Waals surface area contributed by atoms with Crippen LogP contribution >= 0.6 is 0 Å². The average Bonchev–Trinajstić information content (AvgIpc) is 2.84. The van der Waals surface area contributed by atoms with E-state index in [9.17, 15) is 23.1 Å². The topological polar surface area (TPSA) is 49.8 Å². The molecule has 0 spiro atoms. The van der Waals surface area contributed by atoms with Crippen molar-refractivity contribution in [2.24, 2.45) is 11.8 Å². The fourth-order valence-electron chi connectivity index (χ4n) is 6.26. The number of rotatable bonds is 8. The molecule has 2 aliphatic rings. The third-order valence-electron chi connectivity index (χ3n) is 8.18. The zero-order valence-electron chi connectivity index (χ0n) is 21.3. The second-order valence-corrected chi connectivity index (χ2v) is 10.6. The third kappa shape index (κ3) is 6.16. The Morgan fingerprint density at radius 2 is 1.83 bits per heavy atom. The number of fused-ring (bicyclic) bond motifs is 1. The smallest absolute Gasteiger partial charge is 0.420 e. The summed E-state index contributed by atoms with van der Waals surface area (Å²) in [5, 5.41) is 9.93. The van der Waals surface area contributed by atoms with E-state index in [0.717, 1.165) is 63.5 Å². The summed E-state index contributed by atoms with van der Waals surface area (Å²) in [6, 6.07) is 8.56. The lowest BCUT2D eigenvalue weighted by Gasteiger charge is -2.38. The second-order valence-electron chi connectivity index (χ2n) is 10.6. The number of alkyl halides is 3.